The van der Waals surface area contributed by atoms with Gasteiger partial charge < -0.3 is 9.64 Å². The fraction of sp³-hybridized carbons (Fsp3) is 1.00. The average molecular weight is 176 g/mol. The average Bonchev–Trinajstić information content (AvgIpc) is 2.07. The molecule has 66 valence electrons. The van der Waals surface area contributed by atoms with E-state index >= 15 is 0 Å². The molecule has 0 atom stereocenters. The SMILES string of the molecule is CSCCC[NH+]1CCOCC1. The van der Waals surface area contributed by atoms with Crippen LogP contribution >= 0.6 is 11.8 Å². The molecule has 0 aromatic carbocycles. The summed E-state index contributed by atoms with van der Waals surface area (Å²) in [6, 6.07) is 0. The van der Waals surface area contributed by atoms with Crippen molar-refractivity contribution >= 4 is 11.8 Å². The standard InChI is InChI=1S/C8H17NOS/c1-11-8-2-3-9-4-6-10-7-5-9/h2-8H2,1H3/p+1. The molecule has 11 heavy (non-hydrogen) atoms. The van der Waals surface area contributed by atoms with Gasteiger partial charge in [-0.05, 0) is 12.0 Å². The first-order valence-electron chi connectivity index (χ1n) is 4.33. The van der Waals surface area contributed by atoms with E-state index in [1.807, 2.05) is 11.8 Å². The van der Waals surface area contributed by atoms with Gasteiger partial charge in [0.2, 0.25) is 0 Å². The van der Waals surface area contributed by atoms with Crippen LogP contribution in [-0.4, -0.2) is 44.9 Å². The van der Waals surface area contributed by atoms with Crippen molar-refractivity contribution < 1.29 is 9.64 Å². The first-order valence-corrected chi connectivity index (χ1v) is 5.73. The minimum absolute atomic E-state index is 0.967. The van der Waals surface area contributed by atoms with Crippen molar-refractivity contribution in [3.05, 3.63) is 0 Å². The Morgan fingerprint density at radius 3 is 2.73 bits per heavy atom. The molecule has 1 heterocycles. The normalized spacial score (nSPS) is 20.5. The molecule has 3 heteroatoms. The van der Waals surface area contributed by atoms with Gasteiger partial charge in [0.1, 0.15) is 13.1 Å². The highest BCUT2D eigenvalue weighted by Gasteiger charge is 2.11. The van der Waals surface area contributed by atoms with Gasteiger partial charge in [-0.2, -0.15) is 11.8 Å². The van der Waals surface area contributed by atoms with Gasteiger partial charge in [-0.1, -0.05) is 0 Å². The molecule has 1 fully saturated rings. The summed E-state index contributed by atoms with van der Waals surface area (Å²) in [5.74, 6) is 1.31. The summed E-state index contributed by atoms with van der Waals surface area (Å²) in [5, 5.41) is 0. The van der Waals surface area contributed by atoms with Crippen LogP contribution in [0.3, 0.4) is 0 Å². The van der Waals surface area contributed by atoms with Crippen molar-refractivity contribution in [3.63, 3.8) is 0 Å². The summed E-state index contributed by atoms with van der Waals surface area (Å²) in [4.78, 5) is 1.73. The van der Waals surface area contributed by atoms with Gasteiger partial charge in [-0.25, -0.2) is 0 Å². The molecular formula is C8H18NOS+. The number of quaternary nitrogens is 1. The lowest BCUT2D eigenvalue weighted by Crippen LogP contribution is -3.14. The smallest absolute Gasteiger partial charge is 0.101 e. The molecule has 1 saturated heterocycles. The van der Waals surface area contributed by atoms with Crippen molar-refractivity contribution in [3.8, 4) is 0 Å². The number of morpholine rings is 1. The van der Waals surface area contributed by atoms with E-state index in [2.05, 4.69) is 6.26 Å². The molecule has 0 spiro atoms. The predicted octanol–water partition coefficient (Wildman–Crippen LogP) is -0.345. The van der Waals surface area contributed by atoms with Crippen LogP contribution in [0.4, 0.5) is 0 Å². The molecule has 0 aromatic rings. The van der Waals surface area contributed by atoms with Gasteiger partial charge in [0, 0.05) is 6.42 Å². The van der Waals surface area contributed by atoms with Crippen LogP contribution in [0.5, 0.6) is 0 Å². The van der Waals surface area contributed by atoms with E-state index in [1.54, 1.807) is 4.90 Å². The van der Waals surface area contributed by atoms with Gasteiger partial charge in [-0.15, -0.1) is 0 Å². The fourth-order valence-corrected chi connectivity index (χ4v) is 1.81. The Bertz CT molecular complexity index is 94.1. The van der Waals surface area contributed by atoms with Crippen LogP contribution in [0.2, 0.25) is 0 Å². The van der Waals surface area contributed by atoms with Crippen LogP contribution in [-0.2, 0) is 4.74 Å². The molecule has 0 aliphatic carbocycles. The second-order valence-electron chi connectivity index (χ2n) is 2.96. The van der Waals surface area contributed by atoms with Gasteiger partial charge in [0.05, 0.1) is 19.8 Å². The summed E-state index contributed by atoms with van der Waals surface area (Å²) in [6.07, 6.45) is 3.53. The lowest BCUT2D eigenvalue weighted by atomic mass is 10.4. The van der Waals surface area contributed by atoms with Crippen molar-refractivity contribution in [2.45, 2.75) is 6.42 Å². The van der Waals surface area contributed by atoms with Crippen LogP contribution in [0.15, 0.2) is 0 Å². The van der Waals surface area contributed by atoms with Crippen molar-refractivity contribution in [2.24, 2.45) is 0 Å². The van der Waals surface area contributed by atoms with Crippen LogP contribution in [0.1, 0.15) is 6.42 Å². The monoisotopic (exact) mass is 176 g/mol. The largest absolute Gasteiger partial charge is 0.370 e. The Morgan fingerprint density at radius 1 is 1.36 bits per heavy atom. The molecule has 2 nitrogen and oxygen atoms in total. The molecule has 1 aliphatic heterocycles. The third kappa shape index (κ3) is 3.99. The maximum Gasteiger partial charge on any atom is 0.101 e. The maximum atomic E-state index is 5.28. The number of ether oxygens (including phenoxy) is 1. The Kier molecular flexibility index (Phi) is 4.99. The van der Waals surface area contributed by atoms with Gasteiger partial charge in [-0.3, -0.25) is 0 Å². The first-order chi connectivity index (χ1) is 5.43. The fourth-order valence-electron chi connectivity index (χ4n) is 1.38. The second kappa shape index (κ2) is 5.86. The number of thioether (sulfide) groups is 1. The highest BCUT2D eigenvalue weighted by molar-refractivity contribution is 7.98. The van der Waals surface area contributed by atoms with E-state index in [1.165, 1.54) is 31.8 Å². The minimum Gasteiger partial charge on any atom is -0.370 e. The third-order valence-electron chi connectivity index (χ3n) is 2.08. The molecule has 0 saturated carbocycles. The molecule has 1 N–H and O–H groups in total. The lowest BCUT2D eigenvalue weighted by molar-refractivity contribution is -0.908. The van der Waals surface area contributed by atoms with Crippen LogP contribution < -0.4 is 4.90 Å². The Balaban J connectivity index is 1.96. The van der Waals surface area contributed by atoms with E-state index < -0.39 is 0 Å². The molecule has 1 aliphatic rings. The van der Waals surface area contributed by atoms with Gasteiger partial charge in [0.25, 0.3) is 0 Å². The van der Waals surface area contributed by atoms with Crippen molar-refractivity contribution in [1.29, 1.82) is 0 Å². The zero-order chi connectivity index (χ0) is 7.94. The predicted molar refractivity (Wildman–Crippen MR) is 49.4 cm³/mol. The number of nitrogens with one attached hydrogen (secondary N) is 1. The topological polar surface area (TPSA) is 13.7 Å². The summed E-state index contributed by atoms with van der Waals surface area (Å²) in [7, 11) is 0. The van der Waals surface area contributed by atoms with Crippen LogP contribution in [0, 0.1) is 0 Å². The molecule has 0 radical (unpaired) electrons. The molecule has 1 rings (SSSR count). The Morgan fingerprint density at radius 2 is 2.09 bits per heavy atom. The van der Waals surface area contributed by atoms with E-state index in [0.29, 0.717) is 0 Å². The minimum atomic E-state index is 0.967. The quantitative estimate of drug-likeness (QED) is 0.589. The van der Waals surface area contributed by atoms with Gasteiger partial charge >= 0.3 is 0 Å². The number of hydrogen-bond acceptors (Lipinski definition) is 2. The van der Waals surface area contributed by atoms with Crippen molar-refractivity contribution in [1.82, 2.24) is 0 Å². The van der Waals surface area contributed by atoms with E-state index in [-0.39, 0.29) is 0 Å². The lowest BCUT2D eigenvalue weighted by Gasteiger charge is -2.23. The Labute approximate surface area is 73.3 Å². The van der Waals surface area contributed by atoms with Gasteiger partial charge in [0.15, 0.2) is 0 Å². The highest BCUT2D eigenvalue weighted by atomic mass is 32.2. The molecule has 0 bridgehead atoms. The van der Waals surface area contributed by atoms with Crippen LogP contribution in [0.25, 0.3) is 0 Å². The molecule has 0 unspecified atom stereocenters. The number of hydrogen-bond donors (Lipinski definition) is 1. The summed E-state index contributed by atoms with van der Waals surface area (Å²) in [6.45, 7) is 5.70. The van der Waals surface area contributed by atoms with E-state index in [0.717, 1.165) is 13.2 Å². The molecular weight excluding hydrogens is 158 g/mol. The zero-order valence-electron chi connectivity index (χ0n) is 7.27. The first kappa shape index (κ1) is 9.36. The second-order valence-corrected chi connectivity index (χ2v) is 3.94. The number of rotatable bonds is 4. The summed E-state index contributed by atoms with van der Waals surface area (Å²) < 4.78 is 5.28. The summed E-state index contributed by atoms with van der Waals surface area (Å²) in [5.41, 5.74) is 0. The molecule has 0 aromatic heterocycles. The Hall–Kier alpha value is 0.270. The highest BCUT2D eigenvalue weighted by Crippen LogP contribution is 1.92. The maximum absolute atomic E-state index is 5.28. The zero-order valence-corrected chi connectivity index (χ0v) is 8.08. The third-order valence-corrected chi connectivity index (χ3v) is 2.78. The molecule has 0 amide bonds. The van der Waals surface area contributed by atoms with E-state index in [4.69, 9.17) is 4.74 Å². The van der Waals surface area contributed by atoms with Crippen molar-refractivity contribution in [2.75, 3.05) is 44.9 Å². The summed E-state index contributed by atoms with van der Waals surface area (Å²) >= 11 is 1.95. The van der Waals surface area contributed by atoms with E-state index in [9.17, 15) is 0 Å².